The number of carbonyl (C=O) groups is 3. The van der Waals surface area contributed by atoms with Crippen molar-refractivity contribution in [2.75, 3.05) is 33.3 Å². The second-order valence-corrected chi connectivity index (χ2v) is 10.8. The highest BCUT2D eigenvalue weighted by atomic mass is 16.5. The van der Waals surface area contributed by atoms with Crippen molar-refractivity contribution in [1.82, 2.24) is 15.1 Å². The number of nitrogens with one attached hydrogen (secondary N) is 1. The molecule has 3 aromatic rings. The lowest BCUT2D eigenvalue weighted by molar-refractivity contribution is -0.136. The molecule has 2 atom stereocenters. The molecule has 9 heteroatoms. The smallest absolute Gasteiger partial charge is 0.254 e. The van der Waals surface area contributed by atoms with E-state index >= 15 is 0 Å². The first-order chi connectivity index (χ1) is 20.3. The Morgan fingerprint density at radius 1 is 1.05 bits per heavy atom. The number of fused-ring (bicyclic) bond motifs is 5. The maximum absolute atomic E-state index is 13.4. The molecule has 0 saturated carbocycles. The molecule has 0 aromatic heterocycles. The molecule has 2 aliphatic heterocycles. The average molecular weight is 572 g/mol. The van der Waals surface area contributed by atoms with E-state index in [9.17, 15) is 14.4 Å². The second-order valence-electron chi connectivity index (χ2n) is 10.8. The van der Waals surface area contributed by atoms with Gasteiger partial charge in [-0.15, -0.1) is 0 Å². The number of hydrogen-bond acceptors (Lipinski definition) is 6. The number of rotatable bonds is 4. The van der Waals surface area contributed by atoms with Crippen LogP contribution in [0.25, 0.3) is 0 Å². The van der Waals surface area contributed by atoms with Crippen molar-refractivity contribution in [3.8, 4) is 17.2 Å². The second kappa shape index (κ2) is 13.1. The average Bonchev–Trinajstić information content (AvgIpc) is 2.97. The van der Waals surface area contributed by atoms with Crippen LogP contribution >= 0.6 is 0 Å². The van der Waals surface area contributed by atoms with Gasteiger partial charge in [-0.1, -0.05) is 36.4 Å². The monoisotopic (exact) mass is 571 g/mol. The van der Waals surface area contributed by atoms with Crippen molar-refractivity contribution in [1.29, 1.82) is 0 Å². The Bertz CT molecular complexity index is 1460. The molecular formula is C33H37N3O6. The van der Waals surface area contributed by atoms with E-state index in [0.717, 1.165) is 16.7 Å². The summed E-state index contributed by atoms with van der Waals surface area (Å²) in [6.07, 6.45) is 0.558. The Morgan fingerprint density at radius 2 is 1.88 bits per heavy atom. The van der Waals surface area contributed by atoms with E-state index in [1.807, 2.05) is 62.4 Å². The van der Waals surface area contributed by atoms with Gasteiger partial charge in [-0.3, -0.25) is 14.4 Å². The van der Waals surface area contributed by atoms with Gasteiger partial charge in [-0.2, -0.15) is 0 Å². The SMILES string of the molecule is CCOc1cc2cc(c1)C(=O)N(C)CC(=O)N[C@H]1CN(C(=O)Cc3ccccc3C)CC[C@H]1OCc1cccc(c1)O2. The predicted octanol–water partition coefficient (Wildman–Crippen LogP) is 4.12. The molecule has 2 aliphatic rings. The lowest BCUT2D eigenvalue weighted by atomic mass is 9.99. The highest BCUT2D eigenvalue weighted by Crippen LogP contribution is 2.29. The minimum absolute atomic E-state index is 0.00581. The van der Waals surface area contributed by atoms with Gasteiger partial charge in [0.2, 0.25) is 11.8 Å². The summed E-state index contributed by atoms with van der Waals surface area (Å²) < 4.78 is 18.1. The van der Waals surface area contributed by atoms with Crippen molar-refractivity contribution < 1.29 is 28.6 Å². The van der Waals surface area contributed by atoms with E-state index in [1.165, 1.54) is 4.90 Å². The fourth-order valence-electron chi connectivity index (χ4n) is 5.38. The number of likely N-dealkylation sites (N-methyl/N-ethyl adjacent to an activating group) is 1. The third-order valence-electron chi connectivity index (χ3n) is 7.62. The van der Waals surface area contributed by atoms with Crippen molar-refractivity contribution >= 4 is 17.7 Å². The number of piperidine rings is 1. The molecule has 0 spiro atoms. The molecule has 5 rings (SSSR count). The molecule has 3 aromatic carbocycles. The molecular weight excluding hydrogens is 534 g/mol. The molecule has 0 aliphatic carbocycles. The summed E-state index contributed by atoms with van der Waals surface area (Å²) in [5.41, 5.74) is 3.31. The molecule has 42 heavy (non-hydrogen) atoms. The first-order valence-corrected chi connectivity index (χ1v) is 14.3. The fraction of sp³-hybridized carbons (Fsp3) is 0.364. The first-order valence-electron chi connectivity index (χ1n) is 14.3. The number of likely N-dealkylation sites (tertiary alicyclic amines) is 1. The normalized spacial score (nSPS) is 19.4. The van der Waals surface area contributed by atoms with Crippen LogP contribution in [0.4, 0.5) is 0 Å². The molecule has 2 heterocycles. The third-order valence-corrected chi connectivity index (χ3v) is 7.62. The van der Waals surface area contributed by atoms with E-state index in [4.69, 9.17) is 14.2 Å². The highest BCUT2D eigenvalue weighted by Gasteiger charge is 2.34. The summed E-state index contributed by atoms with van der Waals surface area (Å²) in [6, 6.07) is 20.0. The molecule has 4 bridgehead atoms. The van der Waals surface area contributed by atoms with Gasteiger partial charge < -0.3 is 29.3 Å². The van der Waals surface area contributed by atoms with E-state index in [0.29, 0.717) is 62.0 Å². The number of ether oxygens (including phenoxy) is 3. The zero-order valence-electron chi connectivity index (χ0n) is 24.3. The number of benzene rings is 3. The van der Waals surface area contributed by atoms with Gasteiger partial charge in [0, 0.05) is 31.8 Å². The van der Waals surface area contributed by atoms with Gasteiger partial charge >= 0.3 is 0 Å². The molecule has 9 nitrogen and oxygen atoms in total. The quantitative estimate of drug-likeness (QED) is 0.506. The summed E-state index contributed by atoms with van der Waals surface area (Å²) in [4.78, 5) is 43.0. The molecule has 3 amide bonds. The number of amides is 3. The van der Waals surface area contributed by atoms with Crippen LogP contribution in [0.15, 0.2) is 66.7 Å². The minimum atomic E-state index is -0.434. The molecule has 1 saturated heterocycles. The van der Waals surface area contributed by atoms with Crippen LogP contribution in [0.2, 0.25) is 0 Å². The summed E-state index contributed by atoms with van der Waals surface area (Å²) in [5.74, 6) is 0.886. The van der Waals surface area contributed by atoms with Crippen LogP contribution in [-0.4, -0.2) is 73.0 Å². The van der Waals surface area contributed by atoms with Crippen molar-refractivity contribution in [2.45, 2.75) is 45.4 Å². The van der Waals surface area contributed by atoms with Crippen LogP contribution in [-0.2, 0) is 27.4 Å². The van der Waals surface area contributed by atoms with Crippen molar-refractivity contribution in [3.05, 3.63) is 89.0 Å². The van der Waals surface area contributed by atoms with Crippen molar-refractivity contribution in [3.63, 3.8) is 0 Å². The maximum Gasteiger partial charge on any atom is 0.254 e. The number of carbonyl (C=O) groups excluding carboxylic acids is 3. The lowest BCUT2D eigenvalue weighted by Gasteiger charge is -2.39. The van der Waals surface area contributed by atoms with Gasteiger partial charge in [0.05, 0.1) is 38.3 Å². The number of nitrogens with zero attached hydrogens (tertiary/aromatic N) is 2. The van der Waals surface area contributed by atoms with E-state index in [2.05, 4.69) is 5.32 Å². The summed E-state index contributed by atoms with van der Waals surface area (Å²) >= 11 is 0. The number of aryl methyl sites for hydroxylation is 1. The minimum Gasteiger partial charge on any atom is -0.494 e. The van der Waals surface area contributed by atoms with Gasteiger partial charge in [0.1, 0.15) is 17.2 Å². The number of hydrogen-bond donors (Lipinski definition) is 1. The zero-order chi connectivity index (χ0) is 29.6. The summed E-state index contributed by atoms with van der Waals surface area (Å²) in [6.45, 7) is 5.29. The Morgan fingerprint density at radius 3 is 2.69 bits per heavy atom. The van der Waals surface area contributed by atoms with Crippen LogP contribution in [0, 0.1) is 6.92 Å². The highest BCUT2D eigenvalue weighted by molar-refractivity contribution is 5.97. The van der Waals surface area contributed by atoms with Crippen LogP contribution in [0.3, 0.4) is 0 Å². The first kappa shape index (κ1) is 29.1. The molecule has 1 fully saturated rings. The maximum atomic E-state index is 13.4. The Labute approximate surface area is 246 Å². The summed E-state index contributed by atoms with van der Waals surface area (Å²) in [7, 11) is 1.58. The molecule has 0 radical (unpaired) electrons. The van der Waals surface area contributed by atoms with Gasteiger partial charge in [0.15, 0.2) is 0 Å². The van der Waals surface area contributed by atoms with Crippen molar-refractivity contribution in [2.24, 2.45) is 0 Å². The fourth-order valence-corrected chi connectivity index (χ4v) is 5.38. The van der Waals surface area contributed by atoms with E-state index in [1.54, 1.807) is 30.1 Å². The van der Waals surface area contributed by atoms with E-state index in [-0.39, 0.29) is 30.4 Å². The van der Waals surface area contributed by atoms with Gasteiger partial charge in [-0.05, 0) is 61.2 Å². The van der Waals surface area contributed by atoms with Crippen LogP contribution < -0.4 is 14.8 Å². The lowest BCUT2D eigenvalue weighted by Crippen LogP contribution is -2.58. The molecule has 0 unspecified atom stereocenters. The summed E-state index contributed by atoms with van der Waals surface area (Å²) in [5, 5.41) is 3.06. The Balaban J connectivity index is 1.39. The molecule has 220 valence electrons. The largest absolute Gasteiger partial charge is 0.494 e. The Kier molecular flexibility index (Phi) is 9.07. The topological polar surface area (TPSA) is 97.4 Å². The zero-order valence-corrected chi connectivity index (χ0v) is 24.3. The van der Waals surface area contributed by atoms with E-state index < -0.39 is 6.04 Å². The molecule has 1 N–H and O–H groups in total. The van der Waals surface area contributed by atoms with Gasteiger partial charge in [0.25, 0.3) is 5.91 Å². The van der Waals surface area contributed by atoms with Gasteiger partial charge in [-0.25, -0.2) is 0 Å². The standard InChI is InChI=1S/C33H37N3O6/c1-4-40-27-15-25-16-28(18-27)42-26-11-7-9-23(14-26)21-41-30-12-13-36(32(38)17-24-10-6-5-8-22(24)2)19-29(30)34-31(37)20-35(3)33(25)39/h5-11,14-16,18,29-30H,4,12-13,17,19-21H2,1-3H3,(H,34,37)/t29-,30+/m0/s1. The predicted molar refractivity (Wildman–Crippen MR) is 158 cm³/mol. The van der Waals surface area contributed by atoms with Crippen LogP contribution in [0.5, 0.6) is 17.2 Å². The van der Waals surface area contributed by atoms with Crippen LogP contribution in [0.1, 0.15) is 40.4 Å². The third kappa shape index (κ3) is 7.09. The Hall–Kier alpha value is -4.37.